The molecule has 1 heterocycles. The lowest BCUT2D eigenvalue weighted by molar-refractivity contribution is 0.300. The number of aliphatic hydroxyl groups is 1. The van der Waals surface area contributed by atoms with Crippen LogP contribution in [0.2, 0.25) is 0 Å². The van der Waals surface area contributed by atoms with Gasteiger partial charge in [-0.25, -0.2) is 4.68 Å². The van der Waals surface area contributed by atoms with Crippen molar-refractivity contribution in [2.24, 2.45) is 0 Å². The molecular weight excluding hydrogens is 178 g/mol. The molecule has 0 aromatic carbocycles. The molecule has 2 rings (SSSR count). The van der Waals surface area contributed by atoms with Gasteiger partial charge in [0.25, 0.3) is 0 Å². The van der Waals surface area contributed by atoms with E-state index in [0.717, 1.165) is 11.4 Å². The average molecular weight is 195 g/mol. The van der Waals surface area contributed by atoms with E-state index in [-0.39, 0.29) is 6.61 Å². The quantitative estimate of drug-likeness (QED) is 0.759. The molecule has 0 radical (unpaired) electrons. The van der Waals surface area contributed by atoms with Crippen molar-refractivity contribution < 1.29 is 5.11 Å². The molecule has 78 valence electrons. The molecule has 0 spiro atoms. The molecule has 1 aliphatic carbocycles. The third-order valence-corrected chi connectivity index (χ3v) is 2.97. The Morgan fingerprint density at radius 3 is 2.86 bits per heavy atom. The highest BCUT2D eigenvalue weighted by atomic mass is 16.2. The van der Waals surface area contributed by atoms with E-state index in [4.69, 9.17) is 10.8 Å². The maximum atomic E-state index is 8.83. The number of hydrogen-bond acceptors (Lipinski definition) is 3. The van der Waals surface area contributed by atoms with Crippen LogP contribution in [0.25, 0.3) is 0 Å². The van der Waals surface area contributed by atoms with Gasteiger partial charge in [0.1, 0.15) is 5.82 Å². The molecule has 1 saturated carbocycles. The summed E-state index contributed by atoms with van der Waals surface area (Å²) in [4.78, 5) is 0. The van der Waals surface area contributed by atoms with Crippen molar-refractivity contribution in [2.75, 3.05) is 12.3 Å². The van der Waals surface area contributed by atoms with Gasteiger partial charge in [-0.15, -0.1) is 0 Å². The second kappa shape index (κ2) is 4.00. The minimum atomic E-state index is 0.139. The molecule has 0 unspecified atom stereocenters. The van der Waals surface area contributed by atoms with Gasteiger partial charge in [-0.2, -0.15) is 5.10 Å². The van der Waals surface area contributed by atoms with Gasteiger partial charge in [-0.3, -0.25) is 0 Å². The second-order valence-electron chi connectivity index (χ2n) is 3.91. The van der Waals surface area contributed by atoms with E-state index in [1.54, 1.807) is 6.20 Å². The fourth-order valence-electron chi connectivity index (χ4n) is 2.16. The summed E-state index contributed by atoms with van der Waals surface area (Å²) in [5, 5.41) is 13.1. The Morgan fingerprint density at radius 1 is 1.50 bits per heavy atom. The predicted molar refractivity (Wildman–Crippen MR) is 54.9 cm³/mol. The summed E-state index contributed by atoms with van der Waals surface area (Å²) >= 11 is 0. The lowest BCUT2D eigenvalue weighted by Crippen LogP contribution is -2.10. The Kier molecular flexibility index (Phi) is 2.72. The van der Waals surface area contributed by atoms with Gasteiger partial charge in [-0.05, 0) is 12.8 Å². The summed E-state index contributed by atoms with van der Waals surface area (Å²) in [6, 6.07) is 0.488. The standard InChI is InChI=1S/C10H17N3O/c11-10-8(5-6-14)7-12-13(10)9-3-1-2-4-9/h7,9,14H,1-6,11H2. The first kappa shape index (κ1) is 9.52. The number of nitrogen functional groups attached to an aromatic ring is 1. The van der Waals surface area contributed by atoms with Crippen molar-refractivity contribution in [3.63, 3.8) is 0 Å². The van der Waals surface area contributed by atoms with Crippen LogP contribution in [0.15, 0.2) is 6.20 Å². The zero-order valence-corrected chi connectivity index (χ0v) is 8.32. The molecule has 0 amide bonds. The first-order valence-corrected chi connectivity index (χ1v) is 5.25. The molecule has 1 aromatic rings. The minimum absolute atomic E-state index is 0.139. The normalized spacial score (nSPS) is 17.8. The van der Waals surface area contributed by atoms with Gasteiger partial charge in [0.05, 0.1) is 12.2 Å². The van der Waals surface area contributed by atoms with E-state index in [2.05, 4.69) is 5.10 Å². The summed E-state index contributed by atoms with van der Waals surface area (Å²) in [5.74, 6) is 0.742. The van der Waals surface area contributed by atoms with Crippen LogP contribution in [-0.2, 0) is 6.42 Å². The molecule has 1 aliphatic rings. The number of rotatable bonds is 3. The van der Waals surface area contributed by atoms with Crippen LogP contribution < -0.4 is 5.73 Å². The SMILES string of the molecule is Nc1c(CCO)cnn1C1CCCC1. The zero-order chi connectivity index (χ0) is 9.97. The Labute approximate surface area is 83.7 Å². The number of aliphatic hydroxyl groups excluding tert-OH is 1. The number of aromatic nitrogens is 2. The smallest absolute Gasteiger partial charge is 0.125 e. The van der Waals surface area contributed by atoms with Crippen molar-refractivity contribution in [3.8, 4) is 0 Å². The molecule has 0 bridgehead atoms. The lowest BCUT2D eigenvalue weighted by atomic mass is 10.2. The second-order valence-corrected chi connectivity index (χ2v) is 3.91. The van der Waals surface area contributed by atoms with Gasteiger partial charge in [-0.1, -0.05) is 12.8 Å². The van der Waals surface area contributed by atoms with E-state index in [1.807, 2.05) is 4.68 Å². The number of hydrogen-bond donors (Lipinski definition) is 2. The molecule has 0 saturated heterocycles. The van der Waals surface area contributed by atoms with Crippen molar-refractivity contribution in [1.29, 1.82) is 0 Å². The first-order chi connectivity index (χ1) is 6.83. The minimum Gasteiger partial charge on any atom is -0.396 e. The molecule has 1 fully saturated rings. The third-order valence-electron chi connectivity index (χ3n) is 2.97. The average Bonchev–Trinajstić information content (AvgIpc) is 2.77. The van der Waals surface area contributed by atoms with Crippen molar-refractivity contribution in [1.82, 2.24) is 9.78 Å². The summed E-state index contributed by atoms with van der Waals surface area (Å²) in [6.45, 7) is 0.139. The molecule has 0 aliphatic heterocycles. The molecule has 4 nitrogen and oxygen atoms in total. The maximum Gasteiger partial charge on any atom is 0.125 e. The lowest BCUT2D eigenvalue weighted by Gasteiger charge is -2.11. The number of nitrogens with two attached hydrogens (primary N) is 1. The largest absolute Gasteiger partial charge is 0.396 e. The van der Waals surface area contributed by atoms with Gasteiger partial charge in [0.15, 0.2) is 0 Å². The molecule has 3 N–H and O–H groups in total. The Bertz CT molecular complexity index is 302. The summed E-state index contributed by atoms with van der Waals surface area (Å²) in [6.07, 6.45) is 7.32. The topological polar surface area (TPSA) is 64.1 Å². The van der Waals surface area contributed by atoms with E-state index in [1.165, 1.54) is 25.7 Å². The van der Waals surface area contributed by atoms with Gasteiger partial charge < -0.3 is 10.8 Å². The van der Waals surface area contributed by atoms with Crippen LogP contribution in [0.1, 0.15) is 37.3 Å². The van der Waals surface area contributed by atoms with Gasteiger partial charge >= 0.3 is 0 Å². The molecule has 14 heavy (non-hydrogen) atoms. The Morgan fingerprint density at radius 2 is 2.21 bits per heavy atom. The van der Waals surface area contributed by atoms with E-state index >= 15 is 0 Å². The molecule has 4 heteroatoms. The monoisotopic (exact) mass is 195 g/mol. The summed E-state index contributed by atoms with van der Waals surface area (Å²) in [5.41, 5.74) is 6.93. The fourth-order valence-corrected chi connectivity index (χ4v) is 2.16. The van der Waals surface area contributed by atoms with Crippen molar-refractivity contribution >= 4 is 5.82 Å². The molecular formula is C10H17N3O. The van der Waals surface area contributed by atoms with Crippen LogP contribution in [-0.4, -0.2) is 21.5 Å². The maximum absolute atomic E-state index is 8.83. The van der Waals surface area contributed by atoms with Crippen LogP contribution in [0, 0.1) is 0 Å². The third kappa shape index (κ3) is 1.62. The van der Waals surface area contributed by atoms with Crippen LogP contribution in [0.3, 0.4) is 0 Å². The molecule has 1 aromatic heterocycles. The van der Waals surface area contributed by atoms with Crippen LogP contribution in [0.4, 0.5) is 5.82 Å². The Balaban J connectivity index is 2.17. The summed E-state index contributed by atoms with van der Waals surface area (Å²) in [7, 11) is 0. The highest BCUT2D eigenvalue weighted by Crippen LogP contribution is 2.31. The fraction of sp³-hybridized carbons (Fsp3) is 0.700. The first-order valence-electron chi connectivity index (χ1n) is 5.25. The van der Waals surface area contributed by atoms with Crippen molar-refractivity contribution in [2.45, 2.75) is 38.1 Å². The molecule has 0 atom stereocenters. The number of anilines is 1. The van der Waals surface area contributed by atoms with Gasteiger partial charge in [0, 0.05) is 18.6 Å². The predicted octanol–water partition coefficient (Wildman–Crippen LogP) is 1.12. The Hall–Kier alpha value is -1.03. The van der Waals surface area contributed by atoms with Crippen molar-refractivity contribution in [3.05, 3.63) is 11.8 Å². The van der Waals surface area contributed by atoms with E-state index in [0.29, 0.717) is 12.5 Å². The van der Waals surface area contributed by atoms with E-state index < -0.39 is 0 Å². The van der Waals surface area contributed by atoms with E-state index in [9.17, 15) is 0 Å². The van der Waals surface area contributed by atoms with Crippen LogP contribution in [0.5, 0.6) is 0 Å². The van der Waals surface area contributed by atoms with Crippen LogP contribution >= 0.6 is 0 Å². The highest BCUT2D eigenvalue weighted by molar-refractivity contribution is 5.39. The zero-order valence-electron chi connectivity index (χ0n) is 8.32. The van der Waals surface area contributed by atoms with Gasteiger partial charge in [0.2, 0.25) is 0 Å². The number of nitrogens with zero attached hydrogens (tertiary/aromatic N) is 2. The highest BCUT2D eigenvalue weighted by Gasteiger charge is 2.20. The summed E-state index contributed by atoms with van der Waals surface area (Å²) < 4.78 is 1.93.